The molecule has 3 rings (SSSR count). The van der Waals surface area contributed by atoms with Crippen LogP contribution in [0.15, 0.2) is 24.5 Å². The van der Waals surface area contributed by atoms with E-state index in [-0.39, 0.29) is 12.5 Å². The fraction of sp³-hybridized carbons (Fsp3) is 0.500. The highest BCUT2D eigenvalue weighted by Gasteiger charge is 2.31. The molecule has 1 saturated carbocycles. The van der Waals surface area contributed by atoms with Gasteiger partial charge in [0.1, 0.15) is 5.65 Å². The second-order valence-electron chi connectivity index (χ2n) is 5.74. The zero-order chi connectivity index (χ0) is 15.5. The second kappa shape index (κ2) is 6.71. The molecule has 118 valence electrons. The third-order valence-electron chi connectivity index (χ3n) is 3.77. The molecule has 0 aromatic carbocycles. The summed E-state index contributed by atoms with van der Waals surface area (Å²) in [5.74, 6) is 1.30. The van der Waals surface area contributed by atoms with Gasteiger partial charge in [0.15, 0.2) is 0 Å². The Bertz CT molecular complexity index is 666. The van der Waals surface area contributed by atoms with Gasteiger partial charge >= 0.3 is 0 Å². The van der Waals surface area contributed by atoms with Crippen molar-refractivity contribution in [2.24, 2.45) is 0 Å². The molecule has 22 heavy (non-hydrogen) atoms. The van der Waals surface area contributed by atoms with Crippen molar-refractivity contribution in [3.63, 3.8) is 0 Å². The number of pyridine rings is 1. The monoisotopic (exact) mass is 319 g/mol. The summed E-state index contributed by atoms with van der Waals surface area (Å²) in [6.07, 6.45) is 6.22. The summed E-state index contributed by atoms with van der Waals surface area (Å²) in [5, 5.41) is 9.06. The first kappa shape index (κ1) is 15.4. The van der Waals surface area contributed by atoms with Crippen molar-refractivity contribution < 1.29 is 9.90 Å². The number of aromatic nitrogens is 2. The van der Waals surface area contributed by atoms with Gasteiger partial charge in [0.2, 0.25) is 5.91 Å². The average molecular weight is 319 g/mol. The Hall–Kier alpha value is -1.53. The molecule has 0 saturated heterocycles. The van der Waals surface area contributed by atoms with Gasteiger partial charge in [-0.05, 0) is 31.4 Å². The van der Waals surface area contributed by atoms with E-state index < -0.39 is 0 Å². The highest BCUT2D eigenvalue weighted by Crippen LogP contribution is 2.27. The standard InChI is InChI=1S/C16H21N3O2S/c1-12-2-5-15-17-13(9-18(15)8-12)10-22-11-16(21)19(6-7-20)14-3-4-14/h2,5,8-9,14,20H,3-4,6-7,10-11H2,1H3. The number of thioether (sulfide) groups is 1. The fourth-order valence-electron chi connectivity index (χ4n) is 2.56. The van der Waals surface area contributed by atoms with Gasteiger partial charge in [0.25, 0.3) is 0 Å². The molecule has 1 N–H and O–H groups in total. The third-order valence-corrected chi connectivity index (χ3v) is 4.72. The van der Waals surface area contributed by atoms with Crippen molar-refractivity contribution >= 4 is 23.3 Å². The van der Waals surface area contributed by atoms with E-state index >= 15 is 0 Å². The molecule has 0 atom stereocenters. The summed E-state index contributed by atoms with van der Waals surface area (Å²) in [5.41, 5.74) is 3.12. The number of nitrogens with zero attached hydrogens (tertiary/aromatic N) is 3. The van der Waals surface area contributed by atoms with Crippen molar-refractivity contribution in [2.75, 3.05) is 18.9 Å². The van der Waals surface area contributed by atoms with E-state index in [2.05, 4.69) is 18.1 Å². The highest BCUT2D eigenvalue weighted by molar-refractivity contribution is 7.99. The zero-order valence-electron chi connectivity index (χ0n) is 12.7. The van der Waals surface area contributed by atoms with E-state index in [1.807, 2.05) is 27.6 Å². The minimum atomic E-state index is 0.0404. The lowest BCUT2D eigenvalue weighted by atomic mass is 10.3. The normalized spacial score (nSPS) is 14.5. The van der Waals surface area contributed by atoms with Crippen molar-refractivity contribution in [1.29, 1.82) is 0 Å². The Kier molecular flexibility index (Phi) is 4.69. The number of aliphatic hydroxyl groups excluding tert-OH is 1. The summed E-state index contributed by atoms with van der Waals surface area (Å²) in [7, 11) is 0. The Balaban J connectivity index is 1.54. The fourth-order valence-corrected chi connectivity index (χ4v) is 3.35. The van der Waals surface area contributed by atoms with E-state index in [0.29, 0.717) is 18.3 Å². The smallest absolute Gasteiger partial charge is 0.232 e. The Morgan fingerprint density at radius 3 is 3.00 bits per heavy atom. The van der Waals surface area contributed by atoms with Crippen LogP contribution in [0.4, 0.5) is 0 Å². The summed E-state index contributed by atoms with van der Waals surface area (Å²) in [6.45, 7) is 2.55. The number of aryl methyl sites for hydroxylation is 1. The number of hydrogen-bond acceptors (Lipinski definition) is 4. The van der Waals surface area contributed by atoms with Gasteiger partial charge < -0.3 is 14.4 Å². The first-order valence-electron chi connectivity index (χ1n) is 7.59. The molecule has 2 aromatic heterocycles. The van der Waals surface area contributed by atoms with Crippen LogP contribution >= 0.6 is 11.8 Å². The number of carbonyl (C=O) groups excluding carboxylic acids is 1. The maximum atomic E-state index is 12.2. The highest BCUT2D eigenvalue weighted by atomic mass is 32.2. The molecular formula is C16H21N3O2S. The predicted molar refractivity (Wildman–Crippen MR) is 87.9 cm³/mol. The van der Waals surface area contributed by atoms with E-state index in [1.54, 1.807) is 11.8 Å². The largest absolute Gasteiger partial charge is 0.395 e. The van der Waals surface area contributed by atoms with Gasteiger partial charge in [0, 0.05) is 30.7 Å². The van der Waals surface area contributed by atoms with Crippen molar-refractivity contribution in [3.8, 4) is 0 Å². The SMILES string of the molecule is Cc1ccc2nc(CSCC(=O)N(CCO)C3CC3)cn2c1. The summed E-state index contributed by atoms with van der Waals surface area (Å²) >= 11 is 1.58. The number of carbonyl (C=O) groups is 1. The second-order valence-corrected chi connectivity index (χ2v) is 6.72. The molecule has 1 fully saturated rings. The maximum absolute atomic E-state index is 12.2. The van der Waals surface area contributed by atoms with Gasteiger partial charge in [-0.25, -0.2) is 4.98 Å². The third kappa shape index (κ3) is 3.62. The molecule has 1 aliphatic rings. The first-order chi connectivity index (χ1) is 10.7. The number of fused-ring (bicyclic) bond motifs is 1. The number of rotatable bonds is 7. The molecule has 5 nitrogen and oxygen atoms in total. The van der Waals surface area contributed by atoms with Crippen LogP contribution in [-0.2, 0) is 10.5 Å². The lowest BCUT2D eigenvalue weighted by Crippen LogP contribution is -2.36. The van der Waals surface area contributed by atoms with Crippen molar-refractivity contribution in [2.45, 2.75) is 31.6 Å². The minimum Gasteiger partial charge on any atom is -0.395 e. The molecule has 1 amide bonds. The number of hydrogen-bond donors (Lipinski definition) is 1. The molecule has 1 aliphatic carbocycles. The first-order valence-corrected chi connectivity index (χ1v) is 8.75. The molecule has 0 spiro atoms. The number of imidazole rings is 1. The lowest BCUT2D eigenvalue weighted by Gasteiger charge is -2.20. The van der Waals surface area contributed by atoms with Crippen LogP contribution in [0.1, 0.15) is 24.1 Å². The topological polar surface area (TPSA) is 57.8 Å². The summed E-state index contributed by atoms with van der Waals surface area (Å²) in [4.78, 5) is 18.6. The summed E-state index contributed by atoms with van der Waals surface area (Å²) < 4.78 is 2.02. The van der Waals surface area contributed by atoms with E-state index in [9.17, 15) is 4.79 Å². The van der Waals surface area contributed by atoms with Gasteiger partial charge in [-0.15, -0.1) is 11.8 Å². The molecule has 0 aliphatic heterocycles. The molecule has 2 heterocycles. The molecule has 0 radical (unpaired) electrons. The average Bonchev–Trinajstić information content (AvgIpc) is 3.25. The van der Waals surface area contributed by atoms with Crippen LogP contribution in [0.25, 0.3) is 5.65 Å². The predicted octanol–water partition coefficient (Wildman–Crippen LogP) is 1.86. The van der Waals surface area contributed by atoms with Gasteiger partial charge in [0.05, 0.1) is 18.1 Å². The lowest BCUT2D eigenvalue weighted by molar-refractivity contribution is -0.129. The van der Waals surface area contributed by atoms with Crippen LogP contribution in [-0.4, -0.2) is 50.2 Å². The maximum Gasteiger partial charge on any atom is 0.232 e. The minimum absolute atomic E-state index is 0.0404. The quantitative estimate of drug-likeness (QED) is 0.846. The van der Waals surface area contributed by atoms with Crippen molar-refractivity contribution in [1.82, 2.24) is 14.3 Å². The van der Waals surface area contributed by atoms with Crippen LogP contribution in [0, 0.1) is 6.92 Å². The van der Waals surface area contributed by atoms with Crippen LogP contribution in [0.3, 0.4) is 0 Å². The molecule has 0 unspecified atom stereocenters. The number of amides is 1. The molecule has 2 aromatic rings. The van der Waals surface area contributed by atoms with E-state index in [1.165, 1.54) is 5.56 Å². The Morgan fingerprint density at radius 1 is 1.45 bits per heavy atom. The van der Waals surface area contributed by atoms with Gasteiger partial charge in [-0.1, -0.05) is 6.07 Å². The molecule has 6 heteroatoms. The van der Waals surface area contributed by atoms with E-state index in [0.717, 1.165) is 29.9 Å². The van der Waals surface area contributed by atoms with Crippen molar-refractivity contribution in [3.05, 3.63) is 35.8 Å². The zero-order valence-corrected chi connectivity index (χ0v) is 13.6. The molecule has 0 bridgehead atoms. The van der Waals surface area contributed by atoms with Gasteiger partial charge in [-0.3, -0.25) is 4.79 Å². The van der Waals surface area contributed by atoms with Crippen LogP contribution in [0.2, 0.25) is 0 Å². The Morgan fingerprint density at radius 2 is 2.27 bits per heavy atom. The Labute approximate surface area is 134 Å². The number of aliphatic hydroxyl groups is 1. The summed E-state index contributed by atoms with van der Waals surface area (Å²) in [6, 6.07) is 4.41. The van der Waals surface area contributed by atoms with Crippen LogP contribution < -0.4 is 0 Å². The van der Waals surface area contributed by atoms with Crippen LogP contribution in [0.5, 0.6) is 0 Å². The van der Waals surface area contributed by atoms with Gasteiger partial charge in [-0.2, -0.15) is 0 Å². The molecular weight excluding hydrogens is 298 g/mol. The van der Waals surface area contributed by atoms with E-state index in [4.69, 9.17) is 5.11 Å².